The number of aromatic nitrogens is 1. The molecule has 0 amide bonds. The lowest BCUT2D eigenvalue weighted by atomic mass is 10.2. The van der Waals surface area contributed by atoms with E-state index in [1.54, 1.807) is 0 Å². The molecule has 0 bridgehead atoms. The van der Waals surface area contributed by atoms with Gasteiger partial charge >= 0.3 is 0 Å². The van der Waals surface area contributed by atoms with E-state index in [0.29, 0.717) is 24.7 Å². The summed E-state index contributed by atoms with van der Waals surface area (Å²) < 4.78 is 17.0. The highest BCUT2D eigenvalue weighted by Gasteiger charge is 2.14. The Hall–Kier alpha value is -2.96. The zero-order valence-electron chi connectivity index (χ0n) is 16.7. The molecule has 2 heterocycles. The Morgan fingerprint density at radius 1 is 0.900 bits per heavy atom. The van der Waals surface area contributed by atoms with E-state index in [-0.39, 0.29) is 0 Å². The van der Waals surface area contributed by atoms with E-state index in [1.165, 1.54) is 0 Å². The molecule has 0 atom stereocenters. The van der Waals surface area contributed by atoms with Gasteiger partial charge in [-0.25, -0.2) is 4.98 Å². The van der Waals surface area contributed by atoms with Crippen molar-refractivity contribution >= 4 is 17.2 Å². The van der Waals surface area contributed by atoms with Gasteiger partial charge in [0.25, 0.3) is 0 Å². The van der Waals surface area contributed by atoms with Crippen LogP contribution in [0.4, 0.5) is 0 Å². The van der Waals surface area contributed by atoms with Crippen molar-refractivity contribution in [3.8, 4) is 17.4 Å². The monoisotopic (exact) mass is 420 g/mol. The highest BCUT2D eigenvalue weighted by Crippen LogP contribution is 2.23. The summed E-state index contributed by atoms with van der Waals surface area (Å²) in [6.45, 7) is 3.73. The molecule has 0 aliphatic carbocycles. The van der Waals surface area contributed by atoms with Crippen LogP contribution in [0.5, 0.6) is 17.4 Å². The molecular weight excluding hydrogens is 396 g/mol. The Kier molecular flexibility index (Phi) is 6.90. The smallest absolute Gasteiger partial charge is 0.219 e. The first-order chi connectivity index (χ1) is 14.8. The third-order valence-electron chi connectivity index (χ3n) is 4.81. The maximum atomic E-state index is 5.85. The van der Waals surface area contributed by atoms with Crippen molar-refractivity contribution in [2.45, 2.75) is 13.0 Å². The molecule has 0 saturated carbocycles. The first-order valence-corrected chi connectivity index (χ1v) is 10.4. The Balaban J connectivity index is 1.28. The van der Waals surface area contributed by atoms with Crippen molar-refractivity contribution in [3.05, 3.63) is 84.1 Å². The number of morpholine rings is 1. The van der Waals surface area contributed by atoms with Crippen LogP contribution in [0.15, 0.2) is 72.9 Å². The fourth-order valence-corrected chi connectivity index (χ4v) is 3.49. The molecule has 0 N–H and O–H groups in total. The molecule has 5 nitrogen and oxygen atoms in total. The summed E-state index contributed by atoms with van der Waals surface area (Å²) in [6, 6.07) is 21.5. The van der Waals surface area contributed by atoms with Gasteiger partial charge in [0, 0.05) is 31.8 Å². The number of nitrogens with zero attached hydrogens (tertiary/aromatic N) is 2. The van der Waals surface area contributed by atoms with Gasteiger partial charge in [-0.15, -0.1) is 0 Å². The Bertz CT molecular complexity index is 940. The summed E-state index contributed by atoms with van der Waals surface area (Å²) in [5.74, 6) is 2.06. The van der Waals surface area contributed by atoms with Crippen molar-refractivity contribution in [1.82, 2.24) is 9.88 Å². The number of rotatable bonds is 7. The van der Waals surface area contributed by atoms with Crippen LogP contribution < -0.4 is 9.47 Å². The molecule has 154 valence electrons. The third kappa shape index (κ3) is 5.78. The van der Waals surface area contributed by atoms with Gasteiger partial charge in [-0.2, -0.15) is 0 Å². The minimum atomic E-state index is 0.538. The van der Waals surface area contributed by atoms with E-state index in [4.69, 9.17) is 26.4 Å². The summed E-state index contributed by atoms with van der Waals surface area (Å²) >= 11 is 5.56. The topological polar surface area (TPSA) is 43.8 Å². The van der Waals surface area contributed by atoms with Crippen molar-refractivity contribution < 1.29 is 14.2 Å². The van der Waals surface area contributed by atoms with E-state index >= 15 is 0 Å². The standard InChI is InChI=1S/C24H24N2O3S/c30-24(26-12-14-27-15-13-26)16-20-6-11-23(25-17-20)29-22-9-7-21(8-10-22)28-18-19-4-2-1-3-5-19/h1-11,17H,12-16,18H2. The summed E-state index contributed by atoms with van der Waals surface area (Å²) in [4.78, 5) is 7.54. The van der Waals surface area contributed by atoms with Gasteiger partial charge in [-0.3, -0.25) is 0 Å². The molecule has 6 heteroatoms. The molecule has 1 aliphatic rings. The highest BCUT2D eigenvalue weighted by atomic mass is 32.1. The van der Waals surface area contributed by atoms with Crippen LogP contribution in [0.1, 0.15) is 11.1 Å². The Labute approximate surface area is 182 Å². The molecule has 2 aromatic carbocycles. The number of thiocarbonyl (C=S) groups is 1. The first kappa shape index (κ1) is 20.3. The number of benzene rings is 2. The second-order valence-corrected chi connectivity index (χ2v) is 7.49. The SMILES string of the molecule is S=C(Cc1ccc(Oc2ccc(OCc3ccccc3)cc2)nc1)N1CCOCC1. The second kappa shape index (κ2) is 10.2. The molecule has 1 aromatic heterocycles. The molecule has 1 saturated heterocycles. The Morgan fingerprint density at radius 2 is 1.63 bits per heavy atom. The number of ether oxygens (including phenoxy) is 3. The first-order valence-electron chi connectivity index (χ1n) is 10.0. The van der Waals surface area contributed by atoms with Gasteiger partial charge in [0.05, 0.1) is 18.2 Å². The number of pyridine rings is 1. The molecule has 0 unspecified atom stereocenters. The van der Waals surface area contributed by atoms with E-state index in [1.807, 2.05) is 72.9 Å². The predicted octanol–water partition coefficient (Wildman–Crippen LogP) is 4.66. The third-order valence-corrected chi connectivity index (χ3v) is 5.21. The van der Waals surface area contributed by atoms with Gasteiger partial charge in [-0.05, 0) is 35.4 Å². The van der Waals surface area contributed by atoms with E-state index < -0.39 is 0 Å². The minimum Gasteiger partial charge on any atom is -0.489 e. The van der Waals surface area contributed by atoms with Gasteiger partial charge in [0.1, 0.15) is 18.1 Å². The summed E-state index contributed by atoms with van der Waals surface area (Å²) in [5, 5.41) is 0. The maximum Gasteiger partial charge on any atom is 0.219 e. The average molecular weight is 421 g/mol. The molecule has 1 fully saturated rings. The zero-order valence-corrected chi connectivity index (χ0v) is 17.5. The lowest BCUT2D eigenvalue weighted by Gasteiger charge is -2.29. The van der Waals surface area contributed by atoms with Crippen LogP contribution in [0.25, 0.3) is 0 Å². The summed E-state index contributed by atoms with van der Waals surface area (Å²) in [7, 11) is 0. The van der Waals surface area contributed by atoms with Crippen LogP contribution in [0.3, 0.4) is 0 Å². The van der Waals surface area contributed by atoms with Gasteiger partial charge in [-0.1, -0.05) is 48.6 Å². The van der Waals surface area contributed by atoms with Crippen molar-refractivity contribution in [3.63, 3.8) is 0 Å². The molecule has 0 radical (unpaired) electrons. The molecule has 4 rings (SSSR count). The molecule has 30 heavy (non-hydrogen) atoms. The summed E-state index contributed by atoms with van der Waals surface area (Å²) in [5.41, 5.74) is 2.21. The largest absolute Gasteiger partial charge is 0.489 e. The average Bonchev–Trinajstić information content (AvgIpc) is 2.81. The van der Waals surface area contributed by atoms with Crippen molar-refractivity contribution in [2.24, 2.45) is 0 Å². The molecule has 1 aliphatic heterocycles. The fourth-order valence-electron chi connectivity index (χ4n) is 3.14. The molecule has 3 aromatic rings. The Morgan fingerprint density at radius 3 is 2.33 bits per heavy atom. The lowest BCUT2D eigenvalue weighted by Crippen LogP contribution is -2.40. The fraction of sp³-hybridized carbons (Fsp3) is 0.250. The number of hydrogen-bond donors (Lipinski definition) is 0. The molecule has 0 spiro atoms. The normalized spacial score (nSPS) is 13.7. The minimum absolute atomic E-state index is 0.538. The van der Waals surface area contributed by atoms with E-state index in [0.717, 1.165) is 48.2 Å². The zero-order chi connectivity index (χ0) is 20.6. The summed E-state index contributed by atoms with van der Waals surface area (Å²) in [6.07, 6.45) is 2.52. The maximum absolute atomic E-state index is 5.85. The van der Waals surface area contributed by atoms with Gasteiger partial charge < -0.3 is 19.1 Å². The highest BCUT2D eigenvalue weighted by molar-refractivity contribution is 7.80. The van der Waals surface area contributed by atoms with Crippen LogP contribution in [-0.4, -0.2) is 41.2 Å². The van der Waals surface area contributed by atoms with Crippen LogP contribution in [0, 0.1) is 0 Å². The quantitative estimate of drug-likeness (QED) is 0.518. The second-order valence-electron chi connectivity index (χ2n) is 7.02. The van der Waals surface area contributed by atoms with Gasteiger partial charge in [0.2, 0.25) is 5.88 Å². The van der Waals surface area contributed by atoms with Crippen LogP contribution in [0.2, 0.25) is 0 Å². The van der Waals surface area contributed by atoms with E-state index in [2.05, 4.69) is 9.88 Å². The predicted molar refractivity (Wildman–Crippen MR) is 120 cm³/mol. The lowest BCUT2D eigenvalue weighted by molar-refractivity contribution is 0.0684. The van der Waals surface area contributed by atoms with E-state index in [9.17, 15) is 0 Å². The van der Waals surface area contributed by atoms with Crippen LogP contribution >= 0.6 is 12.2 Å². The number of hydrogen-bond acceptors (Lipinski definition) is 5. The van der Waals surface area contributed by atoms with Crippen LogP contribution in [-0.2, 0) is 17.8 Å². The molecular formula is C24H24N2O3S. The van der Waals surface area contributed by atoms with Gasteiger partial charge in [0.15, 0.2) is 0 Å². The van der Waals surface area contributed by atoms with Crippen molar-refractivity contribution in [1.29, 1.82) is 0 Å². The van der Waals surface area contributed by atoms with Crippen molar-refractivity contribution in [2.75, 3.05) is 26.3 Å².